The van der Waals surface area contributed by atoms with E-state index in [0.717, 1.165) is 63.3 Å². The molecule has 0 saturated carbocycles. The van der Waals surface area contributed by atoms with Gasteiger partial charge in [-0.1, -0.05) is 109 Å². The number of rotatable bonds is 2. The standard InChI is InChI=1S/C50H30O2/c1-3-11-33-29(9-1)25-43(37-15-7-5-13-35(33)37)31-17-19-39-41-21-22-42-40-20-18-32(44-26-30-10-2-4-12-34(30)36-14-6-8-16-38(36)44)28-48(40)52-46-24-23-45(49(41)50(42)46)51-47(39)27-31/h1,3-9,11-28H,2,10H2. The largest absolute Gasteiger partial charge is 0.456 e. The zero-order valence-electron chi connectivity index (χ0n) is 28.2. The molecule has 2 heteroatoms. The average molecular weight is 663 g/mol. The van der Waals surface area contributed by atoms with E-state index in [1.807, 2.05) is 0 Å². The lowest BCUT2D eigenvalue weighted by molar-refractivity contribution is 0.475. The van der Waals surface area contributed by atoms with Gasteiger partial charge in [0, 0.05) is 21.9 Å². The molecular weight excluding hydrogens is 633 g/mol. The third kappa shape index (κ3) is 3.89. The van der Waals surface area contributed by atoms with Gasteiger partial charge in [0.2, 0.25) is 0 Å². The summed E-state index contributed by atoms with van der Waals surface area (Å²) in [5.74, 6) is 3.49. The van der Waals surface area contributed by atoms with E-state index in [4.69, 9.17) is 9.47 Å². The molecule has 0 saturated heterocycles. The van der Waals surface area contributed by atoms with Crippen molar-refractivity contribution in [3.8, 4) is 67.5 Å². The van der Waals surface area contributed by atoms with Gasteiger partial charge in [0.1, 0.15) is 23.0 Å². The Kier molecular flexibility index (Phi) is 5.64. The van der Waals surface area contributed by atoms with Gasteiger partial charge in [0.25, 0.3) is 0 Å². The van der Waals surface area contributed by atoms with Crippen LogP contribution in [0.15, 0.2) is 152 Å². The molecule has 242 valence electrons. The van der Waals surface area contributed by atoms with Crippen LogP contribution < -0.4 is 9.47 Å². The Labute approximate surface area is 300 Å². The zero-order valence-corrected chi connectivity index (χ0v) is 28.2. The van der Waals surface area contributed by atoms with Gasteiger partial charge in [-0.15, -0.1) is 0 Å². The van der Waals surface area contributed by atoms with Gasteiger partial charge in [0.05, 0.1) is 0 Å². The van der Waals surface area contributed by atoms with Crippen molar-refractivity contribution in [1.82, 2.24) is 0 Å². The minimum absolute atomic E-state index is 0.863. The third-order valence-electron chi connectivity index (χ3n) is 11.5. The molecule has 9 aromatic carbocycles. The van der Waals surface area contributed by atoms with Crippen molar-refractivity contribution < 1.29 is 9.47 Å². The van der Waals surface area contributed by atoms with E-state index >= 15 is 0 Å². The molecule has 0 amide bonds. The lowest BCUT2D eigenvalue weighted by atomic mass is 9.85. The molecule has 2 heterocycles. The summed E-state index contributed by atoms with van der Waals surface area (Å²) < 4.78 is 13.6. The van der Waals surface area contributed by atoms with Crippen molar-refractivity contribution in [2.45, 2.75) is 12.8 Å². The Balaban J connectivity index is 0.983. The molecule has 0 radical (unpaired) electrons. The molecule has 0 unspecified atom stereocenters. The Morgan fingerprint density at radius 3 is 1.60 bits per heavy atom. The molecule has 2 aliphatic heterocycles. The van der Waals surface area contributed by atoms with E-state index in [-0.39, 0.29) is 0 Å². The van der Waals surface area contributed by atoms with Crippen LogP contribution in [0.3, 0.4) is 0 Å². The SMILES string of the molecule is C1=Cc2c(cc(-c3ccc4c(c3)Oc3ccc5c6c(ccc-4c36)-c3ccc(-c4cc6ccccc6c6ccccc46)cc3O5)c3ccccc23)CC1. The van der Waals surface area contributed by atoms with E-state index in [9.17, 15) is 0 Å². The fraction of sp³-hybridized carbons (Fsp3) is 0.0400. The van der Waals surface area contributed by atoms with Gasteiger partial charge in [-0.3, -0.25) is 0 Å². The second-order valence-corrected chi connectivity index (χ2v) is 14.3. The highest BCUT2D eigenvalue weighted by molar-refractivity contribution is 6.16. The summed E-state index contributed by atoms with van der Waals surface area (Å²) in [4.78, 5) is 0. The quantitative estimate of drug-likeness (QED) is 0.172. The van der Waals surface area contributed by atoms with Crippen LogP contribution in [0.4, 0.5) is 0 Å². The van der Waals surface area contributed by atoms with E-state index in [1.54, 1.807) is 0 Å². The van der Waals surface area contributed by atoms with Crippen molar-refractivity contribution in [3.05, 3.63) is 163 Å². The molecule has 0 atom stereocenters. The second kappa shape index (κ2) is 10.4. The Hall–Kier alpha value is -6.64. The van der Waals surface area contributed by atoms with Crippen molar-refractivity contribution in [3.63, 3.8) is 0 Å². The summed E-state index contributed by atoms with van der Waals surface area (Å²) in [5, 5.41) is 9.82. The molecule has 0 aromatic heterocycles. The molecule has 2 nitrogen and oxygen atoms in total. The first kappa shape index (κ1) is 28.1. The van der Waals surface area contributed by atoms with Crippen molar-refractivity contribution >= 4 is 49.2 Å². The number of allylic oxidation sites excluding steroid dienone is 1. The van der Waals surface area contributed by atoms with Crippen LogP contribution in [0.25, 0.3) is 93.7 Å². The highest BCUT2D eigenvalue weighted by atomic mass is 16.5. The van der Waals surface area contributed by atoms with Crippen LogP contribution in [-0.4, -0.2) is 0 Å². The maximum Gasteiger partial charge on any atom is 0.136 e. The lowest BCUT2D eigenvalue weighted by Gasteiger charge is -2.28. The first-order chi connectivity index (χ1) is 25.8. The molecule has 3 aliphatic rings. The van der Waals surface area contributed by atoms with Crippen LogP contribution in [-0.2, 0) is 6.42 Å². The smallest absolute Gasteiger partial charge is 0.136 e. The van der Waals surface area contributed by atoms with E-state index < -0.39 is 0 Å². The molecule has 1 aliphatic carbocycles. The Morgan fingerprint density at radius 1 is 0.385 bits per heavy atom. The molecule has 0 fully saturated rings. The van der Waals surface area contributed by atoms with Gasteiger partial charge < -0.3 is 9.47 Å². The van der Waals surface area contributed by atoms with Crippen LogP contribution in [0, 0.1) is 0 Å². The van der Waals surface area contributed by atoms with E-state index in [2.05, 4.69) is 158 Å². The summed E-state index contributed by atoms with van der Waals surface area (Å²) >= 11 is 0. The third-order valence-corrected chi connectivity index (χ3v) is 11.5. The topological polar surface area (TPSA) is 18.5 Å². The minimum atomic E-state index is 0.863. The van der Waals surface area contributed by atoms with Crippen LogP contribution >= 0.6 is 0 Å². The fourth-order valence-corrected chi connectivity index (χ4v) is 9.11. The number of aryl methyl sites for hydroxylation is 1. The highest BCUT2D eigenvalue weighted by Crippen LogP contribution is 2.56. The van der Waals surface area contributed by atoms with Crippen molar-refractivity contribution in [2.75, 3.05) is 0 Å². The molecule has 0 bridgehead atoms. The highest BCUT2D eigenvalue weighted by Gasteiger charge is 2.29. The Bertz CT molecular complexity index is 3070. The predicted octanol–water partition coefficient (Wildman–Crippen LogP) is 14.1. The molecule has 9 aromatic rings. The molecule has 0 spiro atoms. The van der Waals surface area contributed by atoms with Crippen LogP contribution in [0.2, 0.25) is 0 Å². The second-order valence-electron chi connectivity index (χ2n) is 14.3. The van der Waals surface area contributed by atoms with E-state index in [0.29, 0.717) is 0 Å². The first-order valence-electron chi connectivity index (χ1n) is 18.1. The van der Waals surface area contributed by atoms with Gasteiger partial charge in [-0.2, -0.15) is 0 Å². The predicted molar refractivity (Wildman–Crippen MR) is 216 cm³/mol. The van der Waals surface area contributed by atoms with Gasteiger partial charge in [-0.25, -0.2) is 0 Å². The van der Waals surface area contributed by atoms with Gasteiger partial charge in [0.15, 0.2) is 0 Å². The minimum Gasteiger partial charge on any atom is -0.456 e. The molecule has 12 rings (SSSR count). The zero-order chi connectivity index (χ0) is 33.9. The van der Waals surface area contributed by atoms with Crippen molar-refractivity contribution in [1.29, 1.82) is 0 Å². The van der Waals surface area contributed by atoms with Gasteiger partial charge in [-0.05, 0) is 138 Å². The summed E-state index contributed by atoms with van der Waals surface area (Å²) in [7, 11) is 0. The normalized spacial score (nSPS) is 13.5. The van der Waals surface area contributed by atoms with Gasteiger partial charge >= 0.3 is 0 Å². The monoisotopic (exact) mass is 662 g/mol. The number of hydrogen-bond donors (Lipinski definition) is 0. The molecule has 0 N–H and O–H groups in total. The number of fused-ring (bicyclic) bond motifs is 10. The fourth-order valence-electron chi connectivity index (χ4n) is 9.11. The maximum atomic E-state index is 6.79. The Morgan fingerprint density at radius 2 is 0.923 bits per heavy atom. The van der Waals surface area contributed by atoms with Crippen LogP contribution in [0.5, 0.6) is 23.0 Å². The average Bonchev–Trinajstić information content (AvgIpc) is 3.21. The lowest BCUT2D eigenvalue weighted by Crippen LogP contribution is -2.03. The summed E-state index contributed by atoms with van der Waals surface area (Å²) in [6, 6.07) is 52.9. The van der Waals surface area contributed by atoms with Crippen LogP contribution in [0.1, 0.15) is 17.5 Å². The number of hydrogen-bond acceptors (Lipinski definition) is 2. The molecular formula is C50H30O2. The van der Waals surface area contributed by atoms with E-state index in [1.165, 1.54) is 71.3 Å². The number of benzene rings is 9. The summed E-state index contributed by atoms with van der Waals surface area (Å²) in [6.07, 6.45) is 6.74. The summed E-state index contributed by atoms with van der Waals surface area (Å²) in [6.45, 7) is 0. The first-order valence-corrected chi connectivity index (χ1v) is 18.1. The van der Waals surface area contributed by atoms with Crippen molar-refractivity contribution in [2.24, 2.45) is 0 Å². The number of ether oxygens (including phenoxy) is 2. The molecule has 52 heavy (non-hydrogen) atoms. The summed E-state index contributed by atoms with van der Waals surface area (Å²) in [5.41, 5.74) is 12.1. The maximum absolute atomic E-state index is 6.79.